The molecule has 51 heavy (non-hydrogen) atoms. The molecule has 0 unspecified atom stereocenters. The molecule has 0 saturated carbocycles. The topological polar surface area (TPSA) is 74.2 Å². The van der Waals surface area contributed by atoms with Crippen molar-refractivity contribution in [3.63, 3.8) is 0 Å². The number of amidine groups is 6. The first-order chi connectivity index (χ1) is 25.2. The molecule has 0 aromatic heterocycles. The standard InChI is InChI=1S/C42H24N6S3/c1-4-10-25(11-5-1)49-28-16-19-31-34(22-28)40-43-37(31)47-41-36-24-30(51-27-14-8-3-9-15-27)18-21-33(36)39(45-41)48-42-35-23-29(50-26-12-6-2-7-13-26)17-20-32(35)38(44-42)46-40/h1-24H. The van der Waals surface area contributed by atoms with Crippen molar-refractivity contribution in [1.82, 2.24) is 0 Å². The van der Waals surface area contributed by atoms with Crippen molar-refractivity contribution in [1.29, 1.82) is 0 Å². The Kier molecular flexibility index (Phi) is 7.48. The van der Waals surface area contributed by atoms with E-state index < -0.39 is 0 Å². The highest BCUT2D eigenvalue weighted by Gasteiger charge is 2.31. The summed E-state index contributed by atoms with van der Waals surface area (Å²) < 4.78 is 0. The normalized spacial score (nSPS) is 14.8. The van der Waals surface area contributed by atoms with Gasteiger partial charge in [-0.2, -0.15) is 0 Å². The van der Waals surface area contributed by atoms with Crippen LogP contribution in [0.5, 0.6) is 0 Å². The minimum Gasteiger partial charge on any atom is -0.208 e. The summed E-state index contributed by atoms with van der Waals surface area (Å²) in [5, 5.41) is 0. The van der Waals surface area contributed by atoms with E-state index in [0.29, 0.717) is 35.0 Å². The number of fused-ring (bicyclic) bond motifs is 12. The minimum atomic E-state index is 0.574. The number of nitrogens with zero attached hydrogens (tertiary/aromatic N) is 6. The van der Waals surface area contributed by atoms with Gasteiger partial charge in [0.2, 0.25) is 0 Å². The van der Waals surface area contributed by atoms with Crippen LogP contribution in [0.25, 0.3) is 0 Å². The van der Waals surface area contributed by atoms with Crippen LogP contribution in [-0.2, 0) is 0 Å². The molecule has 4 aliphatic rings. The maximum Gasteiger partial charge on any atom is 0.164 e. The molecule has 0 amide bonds. The fourth-order valence-corrected chi connectivity index (χ4v) is 8.88. The van der Waals surface area contributed by atoms with Crippen molar-refractivity contribution in [2.24, 2.45) is 30.0 Å². The first kappa shape index (κ1) is 30.2. The minimum absolute atomic E-state index is 0.574. The number of hydrogen-bond acceptors (Lipinski definition) is 9. The lowest BCUT2D eigenvalue weighted by Crippen LogP contribution is -2.02. The lowest BCUT2D eigenvalue weighted by molar-refractivity contribution is 1.38. The van der Waals surface area contributed by atoms with Gasteiger partial charge in [-0.1, -0.05) is 89.9 Å². The van der Waals surface area contributed by atoms with Crippen LogP contribution in [0.15, 0.2) is 205 Å². The van der Waals surface area contributed by atoms with Gasteiger partial charge in [-0.3, -0.25) is 0 Å². The molecule has 0 radical (unpaired) electrons. The van der Waals surface area contributed by atoms with Gasteiger partial charge in [0, 0.05) is 62.8 Å². The first-order valence-corrected chi connectivity index (χ1v) is 18.8. The molecule has 0 fully saturated rings. The zero-order valence-corrected chi connectivity index (χ0v) is 29.2. The van der Waals surface area contributed by atoms with Gasteiger partial charge >= 0.3 is 0 Å². The molecule has 6 aromatic rings. The van der Waals surface area contributed by atoms with E-state index in [-0.39, 0.29) is 0 Å². The molecule has 0 aliphatic carbocycles. The van der Waals surface area contributed by atoms with E-state index in [1.165, 1.54) is 0 Å². The summed E-state index contributed by atoms with van der Waals surface area (Å²) in [5.74, 6) is 3.45. The fourth-order valence-electron chi connectivity index (χ4n) is 6.25. The Balaban J connectivity index is 1.13. The van der Waals surface area contributed by atoms with Crippen LogP contribution < -0.4 is 0 Å². The predicted molar refractivity (Wildman–Crippen MR) is 210 cm³/mol. The van der Waals surface area contributed by atoms with Gasteiger partial charge in [-0.15, -0.1) is 0 Å². The summed E-state index contributed by atoms with van der Waals surface area (Å²) in [7, 11) is 0. The van der Waals surface area contributed by atoms with Gasteiger partial charge in [0.25, 0.3) is 0 Å². The number of aliphatic imine (C=N–C) groups is 6. The highest BCUT2D eigenvalue weighted by Crippen LogP contribution is 2.37. The van der Waals surface area contributed by atoms with E-state index >= 15 is 0 Å². The Bertz CT molecular complexity index is 2300. The first-order valence-electron chi connectivity index (χ1n) is 16.4. The van der Waals surface area contributed by atoms with E-state index in [1.54, 1.807) is 35.3 Å². The van der Waals surface area contributed by atoms with Crippen molar-refractivity contribution in [3.8, 4) is 0 Å². The predicted octanol–water partition coefficient (Wildman–Crippen LogP) is 10.1. The van der Waals surface area contributed by atoms with Crippen molar-refractivity contribution in [3.05, 3.63) is 179 Å². The monoisotopic (exact) mass is 708 g/mol. The van der Waals surface area contributed by atoms with Gasteiger partial charge in [-0.25, -0.2) is 30.0 Å². The number of benzene rings is 6. The Morgan fingerprint density at radius 3 is 0.765 bits per heavy atom. The fraction of sp³-hybridized carbons (Fsp3) is 0. The summed E-state index contributed by atoms with van der Waals surface area (Å²) >= 11 is 5.12. The summed E-state index contributed by atoms with van der Waals surface area (Å²) in [5.41, 5.74) is 5.47. The Morgan fingerprint density at radius 1 is 0.235 bits per heavy atom. The van der Waals surface area contributed by atoms with Crippen molar-refractivity contribution < 1.29 is 0 Å². The highest BCUT2D eigenvalue weighted by atomic mass is 32.2. The van der Waals surface area contributed by atoms with Crippen molar-refractivity contribution >= 4 is 70.3 Å². The van der Waals surface area contributed by atoms with Crippen LogP contribution in [0.3, 0.4) is 0 Å². The molecule has 0 saturated heterocycles. The van der Waals surface area contributed by atoms with Gasteiger partial charge in [-0.05, 0) is 91.0 Å². The number of rotatable bonds is 6. The Morgan fingerprint density at radius 2 is 0.490 bits per heavy atom. The van der Waals surface area contributed by atoms with E-state index in [4.69, 9.17) is 30.0 Å². The summed E-state index contributed by atoms with van der Waals surface area (Å²) in [6.07, 6.45) is 0. The molecule has 6 aromatic carbocycles. The average molecular weight is 709 g/mol. The van der Waals surface area contributed by atoms with E-state index in [9.17, 15) is 0 Å². The van der Waals surface area contributed by atoms with Gasteiger partial charge in [0.15, 0.2) is 35.0 Å². The van der Waals surface area contributed by atoms with E-state index in [0.717, 1.165) is 62.8 Å². The molecular weight excluding hydrogens is 685 g/mol. The second-order valence-corrected chi connectivity index (χ2v) is 15.4. The summed E-state index contributed by atoms with van der Waals surface area (Å²) in [6.45, 7) is 0. The highest BCUT2D eigenvalue weighted by molar-refractivity contribution is 7.99. The zero-order chi connectivity index (χ0) is 33.7. The SMILES string of the molecule is c1ccc(Sc2ccc3c(c2)C2=NC4=NC(=NC5=NC(=NC3=N2)c2cc(Sc3ccccc3)ccc25)c2cc(Sc3ccccc3)ccc24)cc1. The summed E-state index contributed by atoms with van der Waals surface area (Å²) in [6, 6.07) is 50.2. The lowest BCUT2D eigenvalue weighted by atomic mass is 10.1. The maximum absolute atomic E-state index is 5.12. The third-order valence-electron chi connectivity index (χ3n) is 8.63. The second-order valence-electron chi connectivity index (χ2n) is 12.0. The molecule has 0 atom stereocenters. The zero-order valence-electron chi connectivity index (χ0n) is 26.8. The second kappa shape index (κ2) is 12.6. The quantitative estimate of drug-likeness (QED) is 0.173. The van der Waals surface area contributed by atoms with Crippen molar-refractivity contribution in [2.75, 3.05) is 0 Å². The Labute approximate surface area is 307 Å². The largest absolute Gasteiger partial charge is 0.208 e. The maximum atomic E-state index is 5.12. The molecule has 9 heteroatoms. The average Bonchev–Trinajstić information content (AvgIpc) is 3.80. The third-order valence-corrected chi connectivity index (χ3v) is 11.6. The smallest absolute Gasteiger partial charge is 0.164 e. The molecule has 6 nitrogen and oxygen atoms in total. The van der Waals surface area contributed by atoms with Gasteiger partial charge in [0.05, 0.1) is 0 Å². The Hall–Kier alpha value is -5.61. The van der Waals surface area contributed by atoms with Crippen LogP contribution >= 0.6 is 35.3 Å². The molecule has 10 rings (SSSR count). The molecule has 0 spiro atoms. The molecule has 240 valence electrons. The van der Waals surface area contributed by atoms with Crippen LogP contribution in [-0.4, -0.2) is 35.0 Å². The van der Waals surface area contributed by atoms with Gasteiger partial charge in [0.1, 0.15) is 0 Å². The number of hydrogen-bond donors (Lipinski definition) is 0. The van der Waals surface area contributed by atoms with Crippen LogP contribution in [0.4, 0.5) is 0 Å². The van der Waals surface area contributed by atoms with Crippen molar-refractivity contribution in [2.45, 2.75) is 29.4 Å². The molecular formula is C42H24N6S3. The molecule has 4 aliphatic heterocycles. The van der Waals surface area contributed by atoms with Crippen LogP contribution in [0.2, 0.25) is 0 Å². The molecule has 4 heterocycles. The van der Waals surface area contributed by atoms with Crippen LogP contribution in [0.1, 0.15) is 33.4 Å². The van der Waals surface area contributed by atoms with Crippen LogP contribution in [0, 0.1) is 0 Å². The van der Waals surface area contributed by atoms with E-state index in [2.05, 4.69) is 127 Å². The molecule has 6 bridgehead atoms. The lowest BCUT2D eigenvalue weighted by Gasteiger charge is -2.07. The molecule has 0 N–H and O–H groups in total. The van der Waals surface area contributed by atoms with Gasteiger partial charge < -0.3 is 0 Å². The third kappa shape index (κ3) is 5.79. The van der Waals surface area contributed by atoms with E-state index in [1.807, 2.05) is 18.2 Å². The summed E-state index contributed by atoms with van der Waals surface area (Å²) in [4.78, 5) is 37.3.